The summed E-state index contributed by atoms with van der Waals surface area (Å²) < 4.78 is 10.7. The zero-order chi connectivity index (χ0) is 16.9. The monoisotopic (exact) mass is 348 g/mol. The molecule has 1 aliphatic rings. The fourth-order valence-electron chi connectivity index (χ4n) is 2.72. The van der Waals surface area contributed by atoms with Gasteiger partial charge in [-0.1, -0.05) is 0 Å². The van der Waals surface area contributed by atoms with Gasteiger partial charge in [0.2, 0.25) is 0 Å². The SMILES string of the molecule is COCc1nc(NCCc2nc(C)c(C)s2)cc([C@@H]2CCOC2)n1. The van der Waals surface area contributed by atoms with Gasteiger partial charge in [0.1, 0.15) is 12.4 Å². The van der Waals surface area contributed by atoms with Crippen molar-refractivity contribution >= 4 is 17.2 Å². The molecule has 0 bridgehead atoms. The Morgan fingerprint density at radius 1 is 1.33 bits per heavy atom. The molecule has 6 nitrogen and oxygen atoms in total. The van der Waals surface area contributed by atoms with E-state index in [0.717, 1.165) is 54.8 Å². The van der Waals surface area contributed by atoms with Crippen LogP contribution in [0.5, 0.6) is 0 Å². The van der Waals surface area contributed by atoms with E-state index in [2.05, 4.69) is 34.1 Å². The zero-order valence-corrected chi connectivity index (χ0v) is 15.3. The smallest absolute Gasteiger partial charge is 0.156 e. The first kappa shape index (κ1) is 17.3. The number of nitrogens with one attached hydrogen (secondary N) is 1. The van der Waals surface area contributed by atoms with Gasteiger partial charge in [-0.15, -0.1) is 11.3 Å². The van der Waals surface area contributed by atoms with Gasteiger partial charge in [0.25, 0.3) is 0 Å². The summed E-state index contributed by atoms with van der Waals surface area (Å²) >= 11 is 1.76. The number of thiazole rings is 1. The van der Waals surface area contributed by atoms with E-state index in [1.54, 1.807) is 18.4 Å². The van der Waals surface area contributed by atoms with Gasteiger partial charge in [0.15, 0.2) is 5.82 Å². The number of hydrogen-bond acceptors (Lipinski definition) is 7. The van der Waals surface area contributed by atoms with E-state index in [9.17, 15) is 0 Å². The summed E-state index contributed by atoms with van der Waals surface area (Å²) in [7, 11) is 1.66. The first-order chi connectivity index (χ1) is 11.7. The Balaban J connectivity index is 1.66. The van der Waals surface area contributed by atoms with Crippen LogP contribution in [0, 0.1) is 13.8 Å². The Morgan fingerprint density at radius 3 is 2.88 bits per heavy atom. The predicted octanol–water partition coefficient (Wildman–Crippen LogP) is 2.85. The summed E-state index contributed by atoms with van der Waals surface area (Å²) in [4.78, 5) is 15.0. The molecule has 1 atom stereocenters. The molecular weight excluding hydrogens is 324 g/mol. The Bertz CT molecular complexity index is 664. The molecule has 0 aliphatic carbocycles. The number of methoxy groups -OCH3 is 1. The van der Waals surface area contributed by atoms with E-state index in [4.69, 9.17) is 9.47 Å². The van der Waals surface area contributed by atoms with Crippen molar-refractivity contribution < 1.29 is 9.47 Å². The van der Waals surface area contributed by atoms with Gasteiger partial charge in [-0.25, -0.2) is 15.0 Å². The Labute approximate surface area is 146 Å². The van der Waals surface area contributed by atoms with Crippen molar-refractivity contribution in [3.05, 3.63) is 33.2 Å². The second kappa shape index (κ2) is 8.00. The molecule has 7 heteroatoms. The lowest BCUT2D eigenvalue weighted by Gasteiger charge is -2.12. The summed E-state index contributed by atoms with van der Waals surface area (Å²) in [5.74, 6) is 1.92. The number of anilines is 1. The fraction of sp³-hybridized carbons (Fsp3) is 0.588. The van der Waals surface area contributed by atoms with Gasteiger partial charge in [-0.2, -0.15) is 0 Å². The van der Waals surface area contributed by atoms with E-state index in [0.29, 0.717) is 18.3 Å². The zero-order valence-electron chi connectivity index (χ0n) is 14.5. The molecule has 0 unspecified atom stereocenters. The number of hydrogen-bond donors (Lipinski definition) is 1. The summed E-state index contributed by atoms with van der Waals surface area (Å²) in [5.41, 5.74) is 2.17. The van der Waals surface area contributed by atoms with E-state index in [1.165, 1.54) is 4.88 Å². The van der Waals surface area contributed by atoms with Crippen LogP contribution in [0.15, 0.2) is 6.07 Å². The Kier molecular flexibility index (Phi) is 5.76. The van der Waals surface area contributed by atoms with E-state index >= 15 is 0 Å². The molecule has 24 heavy (non-hydrogen) atoms. The molecule has 3 heterocycles. The highest BCUT2D eigenvalue weighted by molar-refractivity contribution is 7.11. The molecule has 0 aromatic carbocycles. The molecule has 1 fully saturated rings. The van der Waals surface area contributed by atoms with Crippen molar-refractivity contribution in [3.8, 4) is 0 Å². The largest absolute Gasteiger partial charge is 0.381 e. The standard InChI is InChI=1S/C17H24N4O2S/c1-11-12(2)24-17(19-11)4-6-18-15-8-14(13-5-7-23-9-13)20-16(21-15)10-22-3/h8,13H,4-7,9-10H2,1-3H3,(H,18,20,21)/t13-/m1/s1. The van der Waals surface area contributed by atoms with E-state index < -0.39 is 0 Å². The highest BCUT2D eigenvalue weighted by atomic mass is 32.1. The van der Waals surface area contributed by atoms with Gasteiger partial charge in [-0.05, 0) is 20.3 Å². The number of nitrogens with zero attached hydrogens (tertiary/aromatic N) is 3. The maximum Gasteiger partial charge on any atom is 0.156 e. The van der Waals surface area contributed by atoms with Crippen LogP contribution in [0.1, 0.15) is 39.4 Å². The van der Waals surface area contributed by atoms with Crippen LogP contribution in [-0.2, 0) is 22.5 Å². The molecule has 1 saturated heterocycles. The topological polar surface area (TPSA) is 69.2 Å². The molecule has 0 radical (unpaired) electrons. The average molecular weight is 348 g/mol. The third-order valence-electron chi connectivity index (χ3n) is 4.13. The lowest BCUT2D eigenvalue weighted by Crippen LogP contribution is -2.12. The van der Waals surface area contributed by atoms with Crippen molar-refractivity contribution in [2.24, 2.45) is 0 Å². The van der Waals surface area contributed by atoms with Crippen LogP contribution >= 0.6 is 11.3 Å². The van der Waals surface area contributed by atoms with Crippen LogP contribution < -0.4 is 5.32 Å². The lowest BCUT2D eigenvalue weighted by molar-refractivity contribution is 0.177. The van der Waals surface area contributed by atoms with Crippen LogP contribution in [0.4, 0.5) is 5.82 Å². The molecule has 1 N–H and O–H groups in total. The van der Waals surface area contributed by atoms with Crippen LogP contribution in [0.3, 0.4) is 0 Å². The molecular formula is C17H24N4O2S. The van der Waals surface area contributed by atoms with Crippen LogP contribution in [-0.4, -0.2) is 41.8 Å². The summed E-state index contributed by atoms with van der Waals surface area (Å²) in [5, 5.41) is 4.56. The summed E-state index contributed by atoms with van der Waals surface area (Å²) in [6, 6.07) is 2.04. The highest BCUT2D eigenvalue weighted by Crippen LogP contribution is 2.25. The van der Waals surface area contributed by atoms with Crippen molar-refractivity contribution in [2.75, 3.05) is 32.2 Å². The first-order valence-electron chi connectivity index (χ1n) is 8.27. The van der Waals surface area contributed by atoms with Gasteiger partial charge in [-0.3, -0.25) is 0 Å². The van der Waals surface area contributed by atoms with E-state index in [1.807, 2.05) is 6.07 Å². The minimum atomic E-state index is 0.355. The molecule has 130 valence electrons. The molecule has 0 spiro atoms. The molecule has 3 rings (SSSR count). The van der Waals surface area contributed by atoms with E-state index in [-0.39, 0.29) is 0 Å². The Morgan fingerprint density at radius 2 is 2.21 bits per heavy atom. The Hall–Kier alpha value is -1.57. The van der Waals surface area contributed by atoms with Crippen molar-refractivity contribution in [2.45, 2.75) is 39.2 Å². The van der Waals surface area contributed by atoms with Crippen LogP contribution in [0.25, 0.3) is 0 Å². The molecule has 0 amide bonds. The van der Waals surface area contributed by atoms with Gasteiger partial charge >= 0.3 is 0 Å². The number of ether oxygens (including phenoxy) is 2. The predicted molar refractivity (Wildman–Crippen MR) is 94.7 cm³/mol. The third-order valence-corrected chi connectivity index (χ3v) is 5.26. The maximum absolute atomic E-state index is 5.48. The van der Waals surface area contributed by atoms with Gasteiger partial charge in [0, 0.05) is 43.5 Å². The van der Waals surface area contributed by atoms with Gasteiger partial charge < -0.3 is 14.8 Å². The number of aromatic nitrogens is 3. The second-order valence-corrected chi connectivity index (χ2v) is 7.30. The minimum Gasteiger partial charge on any atom is -0.381 e. The lowest BCUT2D eigenvalue weighted by atomic mass is 10.0. The molecule has 1 aliphatic heterocycles. The molecule has 2 aromatic heterocycles. The minimum absolute atomic E-state index is 0.355. The normalized spacial score (nSPS) is 17.4. The quantitative estimate of drug-likeness (QED) is 0.830. The number of aryl methyl sites for hydroxylation is 2. The molecule has 2 aromatic rings. The summed E-state index contributed by atoms with van der Waals surface area (Å²) in [6.45, 7) is 6.93. The summed E-state index contributed by atoms with van der Waals surface area (Å²) in [6.07, 6.45) is 1.91. The van der Waals surface area contributed by atoms with Crippen LogP contribution in [0.2, 0.25) is 0 Å². The third kappa shape index (κ3) is 4.28. The van der Waals surface area contributed by atoms with Gasteiger partial charge in [0.05, 0.1) is 23.0 Å². The fourth-order valence-corrected chi connectivity index (χ4v) is 3.66. The first-order valence-corrected chi connectivity index (χ1v) is 9.08. The number of rotatable bonds is 7. The van der Waals surface area contributed by atoms with Crippen molar-refractivity contribution in [1.29, 1.82) is 0 Å². The highest BCUT2D eigenvalue weighted by Gasteiger charge is 2.20. The van der Waals surface area contributed by atoms with Crippen molar-refractivity contribution in [1.82, 2.24) is 15.0 Å². The second-order valence-electron chi connectivity index (χ2n) is 6.01. The average Bonchev–Trinajstić information content (AvgIpc) is 3.18. The maximum atomic E-state index is 5.48. The molecule has 0 saturated carbocycles. The van der Waals surface area contributed by atoms with Crippen molar-refractivity contribution in [3.63, 3.8) is 0 Å².